The summed E-state index contributed by atoms with van der Waals surface area (Å²) in [5.74, 6) is 0.0197. The Hall–Kier alpha value is -2.35. The molecule has 0 aliphatic carbocycles. The van der Waals surface area contributed by atoms with Crippen LogP contribution in [0.1, 0.15) is 24.5 Å². The number of rotatable bonds is 11. The van der Waals surface area contributed by atoms with Gasteiger partial charge in [0, 0.05) is 29.0 Å². The quantitative estimate of drug-likeness (QED) is 0.269. The lowest BCUT2D eigenvalue weighted by molar-refractivity contribution is -0.142. The highest BCUT2D eigenvalue weighted by atomic mass is 79.9. The van der Waals surface area contributed by atoms with Gasteiger partial charge in [0.05, 0.1) is 4.47 Å². The molecule has 0 saturated carbocycles. The topological polar surface area (TPSA) is 58.6 Å². The molecule has 3 rings (SSSR count). The second-order valence-electron chi connectivity index (χ2n) is 8.01. The third-order valence-electron chi connectivity index (χ3n) is 5.31. The van der Waals surface area contributed by atoms with Crippen molar-refractivity contribution in [3.63, 3.8) is 0 Å². The summed E-state index contributed by atoms with van der Waals surface area (Å²) in [6, 6.07) is 21.8. The molecular weight excluding hydrogens is 596 g/mol. The Morgan fingerprint density at radius 3 is 2.43 bits per heavy atom. The maximum Gasteiger partial charge on any atom is 0.261 e. The van der Waals surface area contributed by atoms with Gasteiger partial charge in [0.15, 0.2) is 6.61 Å². The van der Waals surface area contributed by atoms with Crippen LogP contribution in [0, 0.1) is 0 Å². The molecule has 0 aromatic heterocycles. The zero-order valence-corrected chi connectivity index (χ0v) is 23.3. The Bertz CT molecular complexity index is 1140. The molecule has 0 heterocycles. The summed E-state index contributed by atoms with van der Waals surface area (Å²) in [4.78, 5) is 28.5. The fourth-order valence-electron chi connectivity index (χ4n) is 3.57. The second kappa shape index (κ2) is 13.7. The maximum absolute atomic E-state index is 13.6. The Balaban J connectivity index is 1.90. The highest BCUT2D eigenvalue weighted by molar-refractivity contribution is 9.10. The molecule has 1 atom stereocenters. The Labute approximate surface area is 228 Å². The van der Waals surface area contributed by atoms with Gasteiger partial charge in [0.25, 0.3) is 5.91 Å². The number of carbonyl (C=O) groups is 2. The smallest absolute Gasteiger partial charge is 0.261 e. The van der Waals surface area contributed by atoms with Crippen LogP contribution in [-0.2, 0) is 22.6 Å². The van der Waals surface area contributed by atoms with E-state index in [0.717, 1.165) is 22.0 Å². The number of hydrogen-bond acceptors (Lipinski definition) is 3. The van der Waals surface area contributed by atoms with Gasteiger partial charge in [-0.05, 0) is 63.8 Å². The van der Waals surface area contributed by atoms with Crippen molar-refractivity contribution in [1.29, 1.82) is 0 Å². The average Bonchev–Trinajstić information content (AvgIpc) is 2.84. The van der Waals surface area contributed by atoms with Crippen molar-refractivity contribution in [1.82, 2.24) is 10.2 Å². The highest BCUT2D eigenvalue weighted by Gasteiger charge is 2.30. The molecule has 0 saturated heterocycles. The van der Waals surface area contributed by atoms with Gasteiger partial charge in [-0.3, -0.25) is 9.59 Å². The molecule has 0 aliphatic heterocycles. The number of amides is 2. The van der Waals surface area contributed by atoms with Crippen molar-refractivity contribution in [3.05, 3.63) is 97.9 Å². The number of carbonyl (C=O) groups excluding carboxylic acids is 2. The molecule has 0 bridgehead atoms. The van der Waals surface area contributed by atoms with E-state index in [0.29, 0.717) is 28.2 Å². The average molecular weight is 623 g/mol. The Kier molecular flexibility index (Phi) is 10.6. The number of ether oxygens (including phenoxy) is 1. The van der Waals surface area contributed by atoms with Gasteiger partial charge >= 0.3 is 0 Å². The lowest BCUT2D eigenvalue weighted by atomic mass is 10.0. The van der Waals surface area contributed by atoms with E-state index in [1.807, 2.05) is 61.5 Å². The van der Waals surface area contributed by atoms with Crippen molar-refractivity contribution < 1.29 is 14.3 Å². The fraction of sp³-hybridized carbons (Fsp3) is 0.259. The van der Waals surface area contributed by atoms with E-state index >= 15 is 0 Å². The third-order valence-corrected chi connectivity index (χ3v) is 6.66. The molecule has 1 unspecified atom stereocenters. The minimum atomic E-state index is -0.701. The van der Waals surface area contributed by atoms with Crippen molar-refractivity contribution >= 4 is 55.3 Å². The number of benzene rings is 3. The van der Waals surface area contributed by atoms with E-state index < -0.39 is 6.04 Å². The SMILES string of the molecule is CCCNC(=O)C(Cc1ccccc1)N(Cc1cccc(Br)c1)C(=O)COc1ccc(Cl)cc1Br. The summed E-state index contributed by atoms with van der Waals surface area (Å²) in [5, 5.41) is 3.53. The van der Waals surface area contributed by atoms with Crippen LogP contribution >= 0.6 is 43.5 Å². The minimum Gasteiger partial charge on any atom is -0.483 e. The van der Waals surface area contributed by atoms with Crippen molar-refractivity contribution in [2.45, 2.75) is 32.4 Å². The van der Waals surface area contributed by atoms with Crippen LogP contribution in [0.2, 0.25) is 5.02 Å². The summed E-state index contributed by atoms with van der Waals surface area (Å²) in [6.07, 6.45) is 1.19. The largest absolute Gasteiger partial charge is 0.483 e. The molecule has 5 nitrogen and oxygen atoms in total. The van der Waals surface area contributed by atoms with E-state index in [2.05, 4.69) is 37.2 Å². The second-order valence-corrected chi connectivity index (χ2v) is 10.2. The van der Waals surface area contributed by atoms with E-state index in [1.54, 1.807) is 23.1 Å². The first kappa shape index (κ1) is 27.2. The molecule has 1 N–H and O–H groups in total. The fourth-order valence-corrected chi connectivity index (χ4v) is 4.81. The third kappa shape index (κ3) is 8.37. The molecule has 184 valence electrons. The molecule has 2 amide bonds. The number of nitrogens with zero attached hydrogens (tertiary/aromatic N) is 1. The normalized spacial score (nSPS) is 11.5. The summed E-state index contributed by atoms with van der Waals surface area (Å²) < 4.78 is 7.37. The van der Waals surface area contributed by atoms with Gasteiger partial charge in [-0.25, -0.2) is 0 Å². The van der Waals surface area contributed by atoms with Crippen LogP contribution in [0.3, 0.4) is 0 Å². The van der Waals surface area contributed by atoms with Crippen molar-refractivity contribution in [2.75, 3.05) is 13.2 Å². The van der Waals surface area contributed by atoms with E-state index in [-0.39, 0.29) is 25.0 Å². The Morgan fingerprint density at radius 2 is 1.74 bits per heavy atom. The number of hydrogen-bond donors (Lipinski definition) is 1. The van der Waals surface area contributed by atoms with Crippen LogP contribution < -0.4 is 10.1 Å². The zero-order chi connectivity index (χ0) is 25.2. The number of halogens is 3. The highest BCUT2D eigenvalue weighted by Crippen LogP contribution is 2.28. The van der Waals surface area contributed by atoms with Crippen LogP contribution in [0.4, 0.5) is 0 Å². The molecule has 0 spiro atoms. The molecule has 3 aromatic rings. The monoisotopic (exact) mass is 620 g/mol. The molecule has 0 fully saturated rings. The first-order chi connectivity index (χ1) is 16.9. The van der Waals surface area contributed by atoms with E-state index in [1.165, 1.54) is 0 Å². The predicted molar refractivity (Wildman–Crippen MR) is 147 cm³/mol. The summed E-state index contributed by atoms with van der Waals surface area (Å²) in [5.41, 5.74) is 1.87. The zero-order valence-electron chi connectivity index (χ0n) is 19.3. The van der Waals surface area contributed by atoms with Gasteiger partial charge in [0.2, 0.25) is 5.91 Å². The Morgan fingerprint density at radius 1 is 1.00 bits per heavy atom. The van der Waals surface area contributed by atoms with Crippen LogP contribution in [0.25, 0.3) is 0 Å². The van der Waals surface area contributed by atoms with Gasteiger partial charge < -0.3 is 15.0 Å². The van der Waals surface area contributed by atoms with Crippen molar-refractivity contribution in [2.24, 2.45) is 0 Å². The summed E-state index contributed by atoms with van der Waals surface area (Å²) in [6.45, 7) is 2.58. The van der Waals surface area contributed by atoms with Gasteiger partial charge in [0.1, 0.15) is 11.8 Å². The van der Waals surface area contributed by atoms with Crippen LogP contribution in [0.15, 0.2) is 81.7 Å². The molecule has 35 heavy (non-hydrogen) atoms. The van der Waals surface area contributed by atoms with Crippen molar-refractivity contribution in [3.8, 4) is 5.75 Å². The molecule has 8 heteroatoms. The first-order valence-electron chi connectivity index (χ1n) is 11.3. The lowest BCUT2D eigenvalue weighted by Gasteiger charge is -2.31. The molecule has 3 aromatic carbocycles. The molecular formula is C27H27Br2ClN2O3. The predicted octanol–water partition coefficient (Wildman–Crippen LogP) is 6.41. The van der Waals surface area contributed by atoms with E-state index in [4.69, 9.17) is 16.3 Å². The molecule has 0 aliphatic rings. The van der Waals surface area contributed by atoms with Crippen LogP contribution in [0.5, 0.6) is 5.75 Å². The standard InChI is InChI=1S/C27H27Br2ClN2O3/c1-2-13-31-27(34)24(15-19-7-4-3-5-8-19)32(17-20-9-6-10-21(28)14-20)26(33)18-35-25-12-11-22(30)16-23(25)29/h3-12,14,16,24H,2,13,15,17-18H2,1H3,(H,31,34). The first-order valence-corrected chi connectivity index (χ1v) is 13.3. The van der Waals surface area contributed by atoms with Gasteiger partial charge in [-0.15, -0.1) is 0 Å². The molecule has 0 radical (unpaired) electrons. The van der Waals surface area contributed by atoms with Gasteiger partial charge in [-0.2, -0.15) is 0 Å². The van der Waals surface area contributed by atoms with Gasteiger partial charge in [-0.1, -0.05) is 76.9 Å². The minimum absolute atomic E-state index is 0.188. The summed E-state index contributed by atoms with van der Waals surface area (Å²) >= 11 is 12.9. The number of nitrogens with one attached hydrogen (secondary N) is 1. The lowest BCUT2D eigenvalue weighted by Crippen LogP contribution is -2.51. The van der Waals surface area contributed by atoms with Crippen LogP contribution in [-0.4, -0.2) is 35.9 Å². The van der Waals surface area contributed by atoms with E-state index in [9.17, 15) is 9.59 Å². The summed E-state index contributed by atoms with van der Waals surface area (Å²) in [7, 11) is 0. The maximum atomic E-state index is 13.6.